The minimum atomic E-state index is -4.10. The first-order valence-electron chi connectivity index (χ1n) is 3.69. The first kappa shape index (κ1) is 11.2. The van der Waals surface area contributed by atoms with E-state index in [-0.39, 0.29) is 0 Å². The van der Waals surface area contributed by atoms with Crippen molar-refractivity contribution in [3.63, 3.8) is 0 Å². The first-order valence-corrected chi connectivity index (χ1v) is 5.18. The number of carboxylic acids is 1. The van der Waals surface area contributed by atoms with Gasteiger partial charge in [0.2, 0.25) is 16.8 Å². The zero-order chi connectivity index (χ0) is 11.6. The summed E-state index contributed by atoms with van der Waals surface area (Å²) >= 11 is 0. The number of rotatable bonds is 3. The lowest BCUT2D eigenvalue weighted by molar-refractivity contribution is -0.117. The summed E-state index contributed by atoms with van der Waals surface area (Å²) in [5.74, 6) is -2.69. The lowest BCUT2D eigenvalue weighted by atomic mass is 10.5. The summed E-state index contributed by atoms with van der Waals surface area (Å²) in [6.07, 6.45) is 0. The van der Waals surface area contributed by atoms with Crippen molar-refractivity contribution in [2.24, 2.45) is 0 Å². The topological polar surface area (TPSA) is 114 Å². The number of hydrogen-bond acceptors (Lipinski definition) is 5. The largest absolute Gasteiger partial charge is 0.475 e. The zero-order valence-corrected chi connectivity index (χ0v) is 8.37. The SMILES string of the molecule is CC(=O)NS(=O)(=O)c1ccc(C(=O)O)o1. The van der Waals surface area contributed by atoms with Crippen LogP contribution in [0.2, 0.25) is 0 Å². The number of carbonyl (C=O) groups is 2. The van der Waals surface area contributed by atoms with Gasteiger partial charge in [-0.3, -0.25) is 4.79 Å². The van der Waals surface area contributed by atoms with E-state index >= 15 is 0 Å². The molecule has 0 aliphatic heterocycles. The molecule has 0 unspecified atom stereocenters. The summed E-state index contributed by atoms with van der Waals surface area (Å²) in [4.78, 5) is 20.9. The van der Waals surface area contributed by atoms with Gasteiger partial charge in [0.15, 0.2) is 0 Å². The second kappa shape index (κ2) is 3.73. The Morgan fingerprint density at radius 2 is 2.00 bits per heavy atom. The summed E-state index contributed by atoms with van der Waals surface area (Å²) in [7, 11) is -4.10. The third-order valence-electron chi connectivity index (χ3n) is 1.34. The molecule has 1 rings (SSSR count). The molecule has 0 spiro atoms. The maximum absolute atomic E-state index is 11.3. The molecule has 0 aliphatic rings. The Hall–Kier alpha value is -1.83. The van der Waals surface area contributed by atoms with Gasteiger partial charge in [-0.1, -0.05) is 0 Å². The zero-order valence-electron chi connectivity index (χ0n) is 7.55. The van der Waals surface area contributed by atoms with E-state index in [1.807, 2.05) is 0 Å². The second-order valence-corrected chi connectivity index (χ2v) is 4.20. The quantitative estimate of drug-likeness (QED) is 0.747. The van der Waals surface area contributed by atoms with E-state index in [1.165, 1.54) is 0 Å². The number of carbonyl (C=O) groups excluding carboxylic acids is 1. The maximum atomic E-state index is 11.3. The fraction of sp³-hybridized carbons (Fsp3) is 0.143. The predicted molar refractivity (Wildman–Crippen MR) is 46.7 cm³/mol. The molecule has 0 saturated heterocycles. The van der Waals surface area contributed by atoms with Crippen molar-refractivity contribution in [2.45, 2.75) is 12.0 Å². The summed E-state index contributed by atoms with van der Waals surface area (Å²) in [5, 5.41) is 7.85. The Bertz CT molecular complexity index is 499. The minimum Gasteiger partial charge on any atom is -0.475 e. The van der Waals surface area contributed by atoms with Crippen molar-refractivity contribution < 1.29 is 27.5 Å². The molecule has 1 amide bonds. The number of nitrogens with one attached hydrogen (secondary N) is 1. The molecule has 0 radical (unpaired) electrons. The van der Waals surface area contributed by atoms with Crippen LogP contribution in [0, 0.1) is 0 Å². The Kier molecular flexibility index (Phi) is 2.80. The molecule has 7 nitrogen and oxygen atoms in total. The van der Waals surface area contributed by atoms with Crippen LogP contribution in [0.3, 0.4) is 0 Å². The van der Waals surface area contributed by atoms with Gasteiger partial charge in [-0.15, -0.1) is 0 Å². The van der Waals surface area contributed by atoms with E-state index in [1.54, 1.807) is 4.72 Å². The van der Waals surface area contributed by atoms with Crippen LogP contribution in [0.5, 0.6) is 0 Å². The molecule has 1 heterocycles. The van der Waals surface area contributed by atoms with Crippen LogP contribution in [-0.4, -0.2) is 25.4 Å². The average Bonchev–Trinajstić information content (AvgIpc) is 2.48. The Labute approximate surface area is 84.7 Å². The smallest absolute Gasteiger partial charge is 0.371 e. The second-order valence-electron chi connectivity index (χ2n) is 2.59. The van der Waals surface area contributed by atoms with Gasteiger partial charge >= 0.3 is 5.97 Å². The van der Waals surface area contributed by atoms with E-state index < -0.39 is 32.8 Å². The fourth-order valence-corrected chi connectivity index (χ4v) is 1.74. The van der Waals surface area contributed by atoms with E-state index in [0.29, 0.717) is 0 Å². The maximum Gasteiger partial charge on any atom is 0.371 e. The van der Waals surface area contributed by atoms with Crippen LogP contribution < -0.4 is 4.72 Å². The molecule has 0 atom stereocenters. The van der Waals surface area contributed by atoms with Crippen LogP contribution in [0.25, 0.3) is 0 Å². The van der Waals surface area contributed by atoms with Crippen molar-refractivity contribution in [1.82, 2.24) is 4.72 Å². The van der Waals surface area contributed by atoms with Crippen LogP contribution in [0.15, 0.2) is 21.6 Å². The first-order chi connectivity index (χ1) is 6.83. The van der Waals surface area contributed by atoms with Gasteiger partial charge in [-0.25, -0.2) is 9.52 Å². The molecule has 0 aliphatic carbocycles. The van der Waals surface area contributed by atoms with Gasteiger partial charge in [0, 0.05) is 6.92 Å². The molecule has 0 fully saturated rings. The highest BCUT2D eigenvalue weighted by atomic mass is 32.2. The Morgan fingerprint density at radius 3 is 2.40 bits per heavy atom. The predicted octanol–water partition coefficient (Wildman–Crippen LogP) is -0.197. The summed E-state index contributed by atoms with van der Waals surface area (Å²) < 4.78 is 28.7. The van der Waals surface area contributed by atoms with Gasteiger partial charge in [0.25, 0.3) is 10.0 Å². The normalized spacial score (nSPS) is 11.0. The van der Waals surface area contributed by atoms with Crippen molar-refractivity contribution in [2.75, 3.05) is 0 Å². The summed E-state index contributed by atoms with van der Waals surface area (Å²) in [6, 6.07) is 1.94. The van der Waals surface area contributed by atoms with Gasteiger partial charge in [-0.2, -0.15) is 8.42 Å². The molecule has 0 bridgehead atoms. The van der Waals surface area contributed by atoms with Crippen LogP contribution >= 0.6 is 0 Å². The number of aromatic carboxylic acids is 1. The number of amides is 1. The van der Waals surface area contributed by atoms with Crippen molar-refractivity contribution in [3.8, 4) is 0 Å². The van der Waals surface area contributed by atoms with Gasteiger partial charge < -0.3 is 9.52 Å². The van der Waals surface area contributed by atoms with E-state index in [0.717, 1.165) is 19.1 Å². The van der Waals surface area contributed by atoms with Crippen LogP contribution in [0.1, 0.15) is 17.5 Å². The standard InChI is InChI=1S/C7H7NO6S/c1-4(9)8-15(12,13)6-3-2-5(14-6)7(10)11/h2-3H,1H3,(H,8,9)(H,10,11). The Morgan fingerprint density at radius 1 is 1.40 bits per heavy atom. The van der Waals surface area contributed by atoms with E-state index in [9.17, 15) is 18.0 Å². The van der Waals surface area contributed by atoms with Crippen LogP contribution in [0.4, 0.5) is 0 Å². The third kappa shape index (κ3) is 2.56. The van der Waals surface area contributed by atoms with Gasteiger partial charge in [0.1, 0.15) is 0 Å². The fourth-order valence-electron chi connectivity index (χ4n) is 0.819. The highest BCUT2D eigenvalue weighted by molar-refractivity contribution is 7.89. The lowest BCUT2D eigenvalue weighted by Gasteiger charge is -1.99. The number of sulfonamides is 1. The van der Waals surface area contributed by atoms with Crippen molar-refractivity contribution in [3.05, 3.63) is 17.9 Å². The minimum absolute atomic E-state index is 0.515. The molecular formula is C7H7NO6S. The molecule has 1 aromatic heterocycles. The van der Waals surface area contributed by atoms with Crippen molar-refractivity contribution >= 4 is 21.9 Å². The molecule has 15 heavy (non-hydrogen) atoms. The number of furan rings is 1. The van der Waals surface area contributed by atoms with Gasteiger partial charge in [0.05, 0.1) is 0 Å². The van der Waals surface area contributed by atoms with Crippen LogP contribution in [-0.2, 0) is 14.8 Å². The summed E-state index contributed by atoms with van der Waals surface area (Å²) in [6.45, 7) is 1.01. The number of carboxylic acid groups (broad SMARTS) is 1. The number of hydrogen-bond donors (Lipinski definition) is 2. The van der Waals surface area contributed by atoms with E-state index in [4.69, 9.17) is 5.11 Å². The molecular weight excluding hydrogens is 226 g/mol. The van der Waals surface area contributed by atoms with Gasteiger partial charge in [-0.05, 0) is 12.1 Å². The Balaban J connectivity index is 3.06. The van der Waals surface area contributed by atoms with Crippen molar-refractivity contribution in [1.29, 1.82) is 0 Å². The molecule has 0 aromatic carbocycles. The van der Waals surface area contributed by atoms with E-state index in [2.05, 4.69) is 4.42 Å². The highest BCUT2D eigenvalue weighted by Crippen LogP contribution is 2.13. The monoisotopic (exact) mass is 233 g/mol. The third-order valence-corrected chi connectivity index (χ3v) is 2.64. The molecule has 1 aromatic rings. The summed E-state index contributed by atoms with van der Waals surface area (Å²) in [5.41, 5.74) is 0. The highest BCUT2D eigenvalue weighted by Gasteiger charge is 2.21. The lowest BCUT2D eigenvalue weighted by Crippen LogP contribution is -2.27. The molecule has 0 saturated carbocycles. The molecule has 8 heteroatoms. The average molecular weight is 233 g/mol. The molecule has 2 N–H and O–H groups in total. The molecule has 82 valence electrons.